The number of nitrogens with zero attached hydrogens (tertiary/aromatic N) is 2. The van der Waals surface area contributed by atoms with E-state index in [4.69, 9.17) is 5.11 Å². The smallest absolute Gasteiger partial charge is 0.335 e. The Hall–Kier alpha value is -1.49. The fourth-order valence-corrected chi connectivity index (χ4v) is 3.62. The second kappa shape index (κ2) is 4.65. The third kappa shape index (κ3) is 2.10. The third-order valence-corrected chi connectivity index (χ3v) is 4.67. The molecule has 1 aromatic heterocycles. The fraction of sp³-hybridized carbons (Fsp3) is 0.385. The van der Waals surface area contributed by atoms with Crippen molar-refractivity contribution in [2.75, 3.05) is 5.75 Å². The van der Waals surface area contributed by atoms with Gasteiger partial charge in [-0.1, -0.05) is 0 Å². The van der Waals surface area contributed by atoms with Gasteiger partial charge in [-0.3, -0.25) is 0 Å². The molecule has 0 bridgehead atoms. The van der Waals surface area contributed by atoms with Crippen LogP contribution in [-0.2, 0) is 6.54 Å². The van der Waals surface area contributed by atoms with Crippen LogP contribution in [0.15, 0.2) is 24.5 Å². The average Bonchev–Trinajstić information content (AvgIpc) is 2.99. The highest BCUT2D eigenvalue weighted by atomic mass is 32.2. The van der Waals surface area contributed by atoms with Crippen molar-refractivity contribution < 1.29 is 9.90 Å². The highest BCUT2D eigenvalue weighted by Crippen LogP contribution is 2.28. The minimum absolute atomic E-state index is 0.294. The molecule has 2 aromatic rings. The maximum atomic E-state index is 10.9. The molecule has 0 amide bonds. The van der Waals surface area contributed by atoms with E-state index >= 15 is 0 Å². The Kier molecular flexibility index (Phi) is 2.99. The van der Waals surface area contributed by atoms with Crippen LogP contribution in [0.4, 0.5) is 0 Å². The lowest BCUT2D eigenvalue weighted by Gasteiger charge is -2.10. The second-order valence-electron chi connectivity index (χ2n) is 4.54. The van der Waals surface area contributed by atoms with Gasteiger partial charge in [0.2, 0.25) is 0 Å². The quantitative estimate of drug-likeness (QED) is 0.924. The lowest BCUT2D eigenvalue weighted by molar-refractivity contribution is 0.0697. The molecule has 4 nitrogen and oxygen atoms in total. The van der Waals surface area contributed by atoms with Crippen molar-refractivity contribution in [1.29, 1.82) is 0 Å². The van der Waals surface area contributed by atoms with Gasteiger partial charge in [0.1, 0.15) is 0 Å². The average molecular weight is 262 g/mol. The number of fused-ring (bicyclic) bond motifs is 1. The Morgan fingerprint density at radius 3 is 3.17 bits per heavy atom. The normalized spacial score (nSPS) is 19.4. The van der Waals surface area contributed by atoms with Crippen LogP contribution >= 0.6 is 11.8 Å². The van der Waals surface area contributed by atoms with Crippen molar-refractivity contribution >= 4 is 28.8 Å². The van der Waals surface area contributed by atoms with Crippen molar-refractivity contribution in [3.05, 3.63) is 30.1 Å². The van der Waals surface area contributed by atoms with Crippen LogP contribution < -0.4 is 0 Å². The van der Waals surface area contributed by atoms with Gasteiger partial charge < -0.3 is 9.67 Å². The van der Waals surface area contributed by atoms with E-state index in [9.17, 15) is 4.79 Å². The van der Waals surface area contributed by atoms with Crippen LogP contribution in [0.2, 0.25) is 0 Å². The second-order valence-corrected chi connectivity index (χ2v) is 5.95. The molecule has 0 saturated carbocycles. The highest BCUT2D eigenvalue weighted by Gasteiger charge is 2.17. The molecule has 1 atom stereocenters. The van der Waals surface area contributed by atoms with E-state index in [1.165, 1.54) is 18.6 Å². The summed E-state index contributed by atoms with van der Waals surface area (Å²) in [6, 6.07) is 5.13. The molecule has 0 spiro atoms. The van der Waals surface area contributed by atoms with Gasteiger partial charge in [0.15, 0.2) is 0 Å². The molecule has 1 fully saturated rings. The number of carboxylic acids is 1. The Balaban J connectivity index is 1.91. The summed E-state index contributed by atoms with van der Waals surface area (Å²) in [6.07, 6.45) is 4.37. The van der Waals surface area contributed by atoms with Crippen LogP contribution in [0.5, 0.6) is 0 Å². The van der Waals surface area contributed by atoms with E-state index in [-0.39, 0.29) is 0 Å². The first-order valence-corrected chi connectivity index (χ1v) is 7.09. The SMILES string of the molecule is O=C(O)c1ccc2c(c1)ncn2CC1CCCS1. The largest absolute Gasteiger partial charge is 0.478 e. The van der Waals surface area contributed by atoms with Crippen LogP contribution in [0.3, 0.4) is 0 Å². The van der Waals surface area contributed by atoms with E-state index in [0.717, 1.165) is 17.6 Å². The Bertz CT molecular complexity index is 588. The van der Waals surface area contributed by atoms with Gasteiger partial charge in [-0.05, 0) is 36.8 Å². The lowest BCUT2D eigenvalue weighted by atomic mass is 10.2. The molecular weight excluding hydrogens is 248 g/mol. The first kappa shape index (κ1) is 11.6. The summed E-state index contributed by atoms with van der Waals surface area (Å²) in [7, 11) is 0. The summed E-state index contributed by atoms with van der Waals surface area (Å²) >= 11 is 2.01. The van der Waals surface area contributed by atoms with E-state index in [1.54, 1.807) is 12.1 Å². The molecule has 1 aliphatic heterocycles. The summed E-state index contributed by atoms with van der Waals surface area (Å²) in [5.41, 5.74) is 2.08. The molecule has 3 rings (SSSR count). The van der Waals surface area contributed by atoms with Gasteiger partial charge in [0.05, 0.1) is 22.9 Å². The molecule has 5 heteroatoms. The fourth-order valence-electron chi connectivity index (χ4n) is 2.35. The molecular formula is C13H14N2O2S. The topological polar surface area (TPSA) is 55.1 Å². The molecule has 1 saturated heterocycles. The maximum absolute atomic E-state index is 10.9. The van der Waals surface area contributed by atoms with Gasteiger partial charge in [0.25, 0.3) is 0 Å². The lowest BCUT2D eigenvalue weighted by Crippen LogP contribution is -2.08. The first-order valence-electron chi connectivity index (χ1n) is 6.04. The number of aromatic nitrogens is 2. The highest BCUT2D eigenvalue weighted by molar-refractivity contribution is 8.00. The number of carbonyl (C=O) groups is 1. The Morgan fingerprint density at radius 2 is 2.44 bits per heavy atom. The molecule has 1 unspecified atom stereocenters. The Morgan fingerprint density at radius 1 is 1.56 bits per heavy atom. The van der Waals surface area contributed by atoms with Crippen molar-refractivity contribution in [3.8, 4) is 0 Å². The zero-order valence-electron chi connectivity index (χ0n) is 9.87. The van der Waals surface area contributed by atoms with E-state index < -0.39 is 5.97 Å². The van der Waals surface area contributed by atoms with Gasteiger partial charge >= 0.3 is 5.97 Å². The number of imidazole rings is 1. The number of benzene rings is 1. The van der Waals surface area contributed by atoms with E-state index in [1.807, 2.05) is 24.2 Å². The van der Waals surface area contributed by atoms with Gasteiger partial charge in [-0.25, -0.2) is 9.78 Å². The molecule has 1 aromatic carbocycles. The minimum atomic E-state index is -0.905. The molecule has 2 heterocycles. The van der Waals surface area contributed by atoms with Crippen molar-refractivity contribution in [2.24, 2.45) is 0 Å². The van der Waals surface area contributed by atoms with Crippen molar-refractivity contribution in [3.63, 3.8) is 0 Å². The molecule has 1 aliphatic rings. The van der Waals surface area contributed by atoms with Crippen molar-refractivity contribution in [2.45, 2.75) is 24.6 Å². The molecule has 94 valence electrons. The van der Waals surface area contributed by atoms with Crippen LogP contribution in [0, 0.1) is 0 Å². The van der Waals surface area contributed by atoms with Crippen LogP contribution in [-0.4, -0.2) is 31.6 Å². The number of carboxylic acid groups (broad SMARTS) is 1. The number of hydrogen-bond acceptors (Lipinski definition) is 3. The predicted octanol–water partition coefficient (Wildman–Crippen LogP) is 2.63. The predicted molar refractivity (Wildman–Crippen MR) is 72.2 cm³/mol. The summed E-state index contributed by atoms with van der Waals surface area (Å²) < 4.78 is 2.13. The molecule has 18 heavy (non-hydrogen) atoms. The number of rotatable bonds is 3. The minimum Gasteiger partial charge on any atom is -0.478 e. The van der Waals surface area contributed by atoms with E-state index in [0.29, 0.717) is 10.8 Å². The number of thioether (sulfide) groups is 1. The monoisotopic (exact) mass is 262 g/mol. The molecule has 0 aliphatic carbocycles. The third-order valence-electron chi connectivity index (χ3n) is 3.29. The zero-order valence-corrected chi connectivity index (χ0v) is 10.7. The maximum Gasteiger partial charge on any atom is 0.335 e. The van der Waals surface area contributed by atoms with E-state index in [2.05, 4.69) is 9.55 Å². The van der Waals surface area contributed by atoms with Gasteiger partial charge in [-0.2, -0.15) is 11.8 Å². The Labute approximate surface area is 109 Å². The summed E-state index contributed by atoms with van der Waals surface area (Å²) in [6.45, 7) is 0.966. The molecule has 1 N–H and O–H groups in total. The number of hydrogen-bond donors (Lipinski definition) is 1. The van der Waals surface area contributed by atoms with Gasteiger partial charge in [0, 0.05) is 11.8 Å². The number of aromatic carboxylic acids is 1. The van der Waals surface area contributed by atoms with Crippen LogP contribution in [0.1, 0.15) is 23.2 Å². The summed E-state index contributed by atoms with van der Waals surface area (Å²) in [5.74, 6) is 0.346. The van der Waals surface area contributed by atoms with Crippen LogP contribution in [0.25, 0.3) is 11.0 Å². The zero-order chi connectivity index (χ0) is 12.5. The first-order chi connectivity index (χ1) is 8.74. The van der Waals surface area contributed by atoms with Crippen molar-refractivity contribution in [1.82, 2.24) is 9.55 Å². The molecule has 0 radical (unpaired) electrons. The standard InChI is InChI=1S/C13H14N2O2S/c16-13(17)9-3-4-12-11(6-9)14-8-15(12)7-10-2-1-5-18-10/h3-4,6,8,10H,1-2,5,7H2,(H,16,17). The van der Waals surface area contributed by atoms with Gasteiger partial charge in [-0.15, -0.1) is 0 Å². The summed E-state index contributed by atoms with van der Waals surface area (Å²) in [5, 5.41) is 9.61. The summed E-state index contributed by atoms with van der Waals surface area (Å²) in [4.78, 5) is 15.2.